The van der Waals surface area contributed by atoms with Gasteiger partial charge in [-0.15, -0.1) is 5.10 Å². The van der Waals surface area contributed by atoms with E-state index in [0.717, 1.165) is 25.2 Å². The third-order valence-electron chi connectivity index (χ3n) is 3.06. The van der Waals surface area contributed by atoms with Crippen LogP contribution in [0.3, 0.4) is 0 Å². The van der Waals surface area contributed by atoms with E-state index >= 15 is 0 Å². The average Bonchev–Trinajstić information content (AvgIpc) is 2.95. The maximum absolute atomic E-state index is 4.11. The Morgan fingerprint density at radius 3 is 2.94 bits per heavy atom. The zero-order valence-electron chi connectivity index (χ0n) is 9.91. The zero-order valence-corrected chi connectivity index (χ0v) is 10.7. The molecule has 0 amide bonds. The molecule has 2 heterocycles. The number of nitrogens with zero attached hydrogens (tertiary/aromatic N) is 3. The smallest absolute Gasteiger partial charge is 0.0797 e. The third kappa shape index (κ3) is 3.23. The summed E-state index contributed by atoms with van der Waals surface area (Å²) in [7, 11) is 0. The predicted molar refractivity (Wildman–Crippen MR) is 66.7 cm³/mol. The lowest BCUT2D eigenvalue weighted by Gasteiger charge is -2.14. The molecule has 1 aromatic heterocycles. The molecule has 0 spiro atoms. The van der Waals surface area contributed by atoms with Gasteiger partial charge in [0.1, 0.15) is 0 Å². The van der Waals surface area contributed by atoms with E-state index in [0.29, 0.717) is 0 Å². The van der Waals surface area contributed by atoms with Crippen molar-refractivity contribution in [2.45, 2.75) is 32.7 Å². The SMILES string of the molecule is CCc1nnsc1CNCCN1CCCC1. The standard InChI is InChI=1S/C11H20N4S/c1-2-10-11(16-14-13-10)9-12-5-8-15-6-3-4-7-15/h12H,2-9H2,1H3. The van der Waals surface area contributed by atoms with Gasteiger partial charge in [-0.25, -0.2) is 0 Å². The summed E-state index contributed by atoms with van der Waals surface area (Å²) in [5.74, 6) is 0. The molecule has 0 saturated carbocycles. The minimum atomic E-state index is 0.925. The lowest BCUT2D eigenvalue weighted by Crippen LogP contribution is -2.29. The van der Waals surface area contributed by atoms with Crippen LogP contribution in [-0.4, -0.2) is 40.7 Å². The van der Waals surface area contributed by atoms with Gasteiger partial charge in [0.2, 0.25) is 0 Å². The van der Waals surface area contributed by atoms with Gasteiger partial charge >= 0.3 is 0 Å². The number of rotatable bonds is 6. The van der Waals surface area contributed by atoms with Gasteiger partial charge in [0.05, 0.1) is 10.6 Å². The molecule has 1 aromatic rings. The molecule has 1 N–H and O–H groups in total. The number of aromatic nitrogens is 2. The molecule has 0 bridgehead atoms. The highest BCUT2D eigenvalue weighted by Gasteiger charge is 2.10. The van der Waals surface area contributed by atoms with Gasteiger partial charge in [-0.1, -0.05) is 11.4 Å². The Labute approximate surface area is 101 Å². The summed E-state index contributed by atoms with van der Waals surface area (Å²) in [6.07, 6.45) is 3.73. The van der Waals surface area contributed by atoms with Gasteiger partial charge in [-0.3, -0.25) is 0 Å². The fraction of sp³-hybridized carbons (Fsp3) is 0.818. The van der Waals surface area contributed by atoms with E-state index in [1.54, 1.807) is 0 Å². The summed E-state index contributed by atoms with van der Waals surface area (Å²) >= 11 is 1.52. The van der Waals surface area contributed by atoms with Crippen molar-refractivity contribution in [3.8, 4) is 0 Å². The molecule has 90 valence electrons. The van der Waals surface area contributed by atoms with Crippen LogP contribution in [0.25, 0.3) is 0 Å². The van der Waals surface area contributed by atoms with Crippen molar-refractivity contribution in [3.05, 3.63) is 10.6 Å². The van der Waals surface area contributed by atoms with Gasteiger partial charge in [-0.2, -0.15) is 0 Å². The van der Waals surface area contributed by atoms with Crippen LogP contribution in [0.4, 0.5) is 0 Å². The predicted octanol–water partition coefficient (Wildman–Crippen LogP) is 1.29. The molecule has 1 aliphatic heterocycles. The first-order valence-corrected chi connectivity index (χ1v) is 6.90. The third-order valence-corrected chi connectivity index (χ3v) is 3.82. The summed E-state index contributed by atoms with van der Waals surface area (Å²) in [5.41, 5.74) is 1.15. The Morgan fingerprint density at radius 1 is 1.38 bits per heavy atom. The van der Waals surface area contributed by atoms with E-state index in [4.69, 9.17) is 0 Å². The second-order valence-corrected chi connectivity index (χ2v) is 5.06. The van der Waals surface area contributed by atoms with E-state index in [9.17, 15) is 0 Å². The van der Waals surface area contributed by atoms with Crippen molar-refractivity contribution in [1.29, 1.82) is 0 Å². The van der Waals surface area contributed by atoms with Gasteiger partial charge in [0.15, 0.2) is 0 Å². The molecule has 0 aromatic carbocycles. The second kappa shape index (κ2) is 6.27. The van der Waals surface area contributed by atoms with Crippen LogP contribution in [0, 0.1) is 0 Å². The van der Waals surface area contributed by atoms with Crippen LogP contribution in [0.5, 0.6) is 0 Å². The van der Waals surface area contributed by atoms with Crippen molar-refractivity contribution >= 4 is 11.5 Å². The van der Waals surface area contributed by atoms with Gasteiger partial charge in [0, 0.05) is 19.6 Å². The summed E-state index contributed by atoms with van der Waals surface area (Å²) in [4.78, 5) is 3.82. The lowest BCUT2D eigenvalue weighted by molar-refractivity contribution is 0.336. The molecule has 4 nitrogen and oxygen atoms in total. The number of hydrogen-bond acceptors (Lipinski definition) is 5. The van der Waals surface area contributed by atoms with Gasteiger partial charge < -0.3 is 10.2 Å². The fourth-order valence-electron chi connectivity index (χ4n) is 2.07. The highest BCUT2D eigenvalue weighted by atomic mass is 32.1. The van der Waals surface area contributed by atoms with Crippen molar-refractivity contribution in [3.63, 3.8) is 0 Å². The Kier molecular flexibility index (Phi) is 4.69. The minimum absolute atomic E-state index is 0.925. The van der Waals surface area contributed by atoms with Crippen LogP contribution in [0.2, 0.25) is 0 Å². The van der Waals surface area contributed by atoms with Gasteiger partial charge in [-0.05, 0) is 43.9 Å². The van der Waals surface area contributed by atoms with E-state index in [2.05, 4.69) is 26.7 Å². The molecule has 0 aliphatic carbocycles. The Balaban J connectivity index is 1.64. The van der Waals surface area contributed by atoms with Crippen molar-refractivity contribution in [1.82, 2.24) is 19.8 Å². The van der Waals surface area contributed by atoms with Crippen LogP contribution in [-0.2, 0) is 13.0 Å². The molecule has 1 saturated heterocycles. The molecule has 0 unspecified atom stereocenters. The lowest BCUT2D eigenvalue weighted by atomic mass is 10.3. The molecular formula is C11H20N4S. The Hall–Kier alpha value is -0.520. The largest absolute Gasteiger partial charge is 0.310 e. The van der Waals surface area contributed by atoms with E-state index in [1.165, 1.54) is 48.9 Å². The van der Waals surface area contributed by atoms with Crippen molar-refractivity contribution in [2.24, 2.45) is 0 Å². The molecule has 1 aliphatic rings. The first kappa shape index (κ1) is 12.0. The number of aryl methyl sites for hydroxylation is 1. The highest BCUT2D eigenvalue weighted by molar-refractivity contribution is 7.05. The molecule has 0 atom stereocenters. The van der Waals surface area contributed by atoms with Crippen molar-refractivity contribution in [2.75, 3.05) is 26.2 Å². The molecular weight excluding hydrogens is 220 g/mol. The van der Waals surface area contributed by atoms with Crippen LogP contribution < -0.4 is 5.32 Å². The van der Waals surface area contributed by atoms with E-state index in [-0.39, 0.29) is 0 Å². The van der Waals surface area contributed by atoms with Crippen LogP contribution in [0.1, 0.15) is 30.3 Å². The molecule has 0 radical (unpaired) electrons. The Bertz CT molecular complexity index is 307. The summed E-state index contributed by atoms with van der Waals surface area (Å²) < 4.78 is 3.99. The normalized spacial score (nSPS) is 17.1. The summed E-state index contributed by atoms with van der Waals surface area (Å²) in [6.45, 7) is 7.86. The average molecular weight is 240 g/mol. The summed E-state index contributed by atoms with van der Waals surface area (Å²) in [5, 5.41) is 7.59. The first-order valence-electron chi connectivity index (χ1n) is 6.13. The Morgan fingerprint density at radius 2 is 2.19 bits per heavy atom. The quantitative estimate of drug-likeness (QED) is 0.761. The zero-order chi connectivity index (χ0) is 11.2. The number of likely N-dealkylation sites (tertiary alicyclic amines) is 1. The van der Waals surface area contributed by atoms with Gasteiger partial charge in [0.25, 0.3) is 0 Å². The van der Waals surface area contributed by atoms with Crippen LogP contribution >= 0.6 is 11.5 Å². The van der Waals surface area contributed by atoms with E-state index in [1.807, 2.05) is 0 Å². The molecule has 1 fully saturated rings. The summed E-state index contributed by atoms with van der Waals surface area (Å²) in [6, 6.07) is 0. The highest BCUT2D eigenvalue weighted by Crippen LogP contribution is 2.10. The molecule has 5 heteroatoms. The first-order chi connectivity index (χ1) is 7.90. The second-order valence-electron chi connectivity index (χ2n) is 4.22. The monoisotopic (exact) mass is 240 g/mol. The minimum Gasteiger partial charge on any atom is -0.310 e. The fourth-order valence-corrected chi connectivity index (χ4v) is 2.77. The topological polar surface area (TPSA) is 41.1 Å². The number of hydrogen-bond donors (Lipinski definition) is 1. The maximum atomic E-state index is 4.11. The van der Waals surface area contributed by atoms with Crippen molar-refractivity contribution < 1.29 is 0 Å². The number of nitrogens with one attached hydrogen (secondary N) is 1. The van der Waals surface area contributed by atoms with E-state index < -0.39 is 0 Å². The molecule has 16 heavy (non-hydrogen) atoms. The molecule has 2 rings (SSSR count). The van der Waals surface area contributed by atoms with Crippen LogP contribution in [0.15, 0.2) is 0 Å². The maximum Gasteiger partial charge on any atom is 0.0797 e.